The fourth-order valence-electron chi connectivity index (χ4n) is 1.82. The van der Waals surface area contributed by atoms with Crippen LogP contribution in [0, 0.1) is 0 Å². The van der Waals surface area contributed by atoms with E-state index in [0.29, 0.717) is 23.9 Å². The van der Waals surface area contributed by atoms with Crippen molar-refractivity contribution in [3.8, 4) is 11.4 Å². The molecule has 0 bridgehead atoms. The summed E-state index contributed by atoms with van der Waals surface area (Å²) in [5.41, 5.74) is 1.31. The zero-order valence-corrected chi connectivity index (χ0v) is 12.6. The van der Waals surface area contributed by atoms with E-state index in [0.717, 1.165) is 5.56 Å². The highest BCUT2D eigenvalue weighted by atomic mass is 32.2. The molecule has 0 unspecified atom stereocenters. The minimum Gasteiger partial charge on any atom is -0.366 e. The van der Waals surface area contributed by atoms with E-state index in [1.54, 1.807) is 12.1 Å². The fraction of sp³-hybridized carbons (Fsp3) is 0.200. The normalized spacial score (nSPS) is 11.1. The molecule has 1 heterocycles. The summed E-state index contributed by atoms with van der Waals surface area (Å²) >= 11 is 0. The Balaban J connectivity index is 2.44. The van der Waals surface area contributed by atoms with Crippen molar-refractivity contribution in [3.05, 3.63) is 54.7 Å². The molecule has 0 aliphatic heterocycles. The van der Waals surface area contributed by atoms with E-state index in [9.17, 15) is 8.42 Å². The Labute approximate surface area is 124 Å². The van der Waals surface area contributed by atoms with Crippen LogP contribution in [0.5, 0.6) is 0 Å². The first kappa shape index (κ1) is 15.2. The zero-order chi connectivity index (χ0) is 15.3. The molecule has 21 heavy (non-hydrogen) atoms. The van der Waals surface area contributed by atoms with Gasteiger partial charge in [0.05, 0.1) is 11.4 Å². The highest BCUT2D eigenvalue weighted by Crippen LogP contribution is 2.18. The van der Waals surface area contributed by atoms with Gasteiger partial charge in [-0.05, 0) is 0 Å². The number of nitrogens with zero attached hydrogens (tertiary/aromatic N) is 2. The topological polar surface area (TPSA) is 72.0 Å². The molecule has 6 heteroatoms. The third-order valence-electron chi connectivity index (χ3n) is 2.65. The molecule has 5 nitrogen and oxygen atoms in total. The molecule has 110 valence electrons. The molecule has 0 aliphatic rings. The van der Waals surface area contributed by atoms with Crippen molar-refractivity contribution in [2.24, 2.45) is 0 Å². The van der Waals surface area contributed by atoms with E-state index in [2.05, 4.69) is 21.9 Å². The maximum Gasteiger partial charge on any atom is 0.161 e. The predicted octanol–water partition coefficient (Wildman–Crippen LogP) is 2.29. The molecular formula is C15H17N3O2S. The van der Waals surface area contributed by atoms with E-state index >= 15 is 0 Å². The standard InChI is InChI=1S/C15H17N3O2S/c1-3-9-16-14-10-13(11-21(2,19)20)17-15(18-14)12-7-5-4-6-8-12/h3-8,10H,1,9,11H2,2H3,(H,16,17,18). The number of hydrogen-bond donors (Lipinski definition) is 1. The zero-order valence-electron chi connectivity index (χ0n) is 11.8. The van der Waals surface area contributed by atoms with Gasteiger partial charge in [0.1, 0.15) is 5.82 Å². The number of sulfone groups is 1. The molecule has 0 fully saturated rings. The molecule has 2 rings (SSSR count). The van der Waals surface area contributed by atoms with Gasteiger partial charge in [-0.1, -0.05) is 36.4 Å². The first-order chi connectivity index (χ1) is 9.98. The lowest BCUT2D eigenvalue weighted by Crippen LogP contribution is -2.08. The van der Waals surface area contributed by atoms with Gasteiger partial charge in [0, 0.05) is 24.4 Å². The Morgan fingerprint density at radius 1 is 1.24 bits per heavy atom. The van der Waals surface area contributed by atoms with Crippen LogP contribution < -0.4 is 5.32 Å². The van der Waals surface area contributed by atoms with Crippen molar-refractivity contribution in [2.45, 2.75) is 5.75 Å². The number of benzene rings is 1. The third-order valence-corrected chi connectivity index (χ3v) is 3.47. The number of aromatic nitrogens is 2. The second-order valence-electron chi connectivity index (χ2n) is 4.67. The van der Waals surface area contributed by atoms with Crippen LogP contribution >= 0.6 is 0 Å². The minimum absolute atomic E-state index is 0.113. The van der Waals surface area contributed by atoms with Gasteiger partial charge in [-0.25, -0.2) is 18.4 Å². The first-order valence-electron chi connectivity index (χ1n) is 6.44. The molecule has 2 aromatic rings. The Kier molecular flexibility index (Phi) is 4.70. The van der Waals surface area contributed by atoms with Gasteiger partial charge in [0.2, 0.25) is 0 Å². The summed E-state index contributed by atoms with van der Waals surface area (Å²) in [5, 5.41) is 3.07. The molecular weight excluding hydrogens is 286 g/mol. The van der Waals surface area contributed by atoms with E-state index in [4.69, 9.17) is 0 Å². The monoisotopic (exact) mass is 303 g/mol. The van der Waals surface area contributed by atoms with E-state index < -0.39 is 9.84 Å². The molecule has 0 saturated heterocycles. The Hall–Kier alpha value is -2.21. The Morgan fingerprint density at radius 3 is 2.57 bits per heavy atom. The average Bonchev–Trinajstić information content (AvgIpc) is 2.44. The predicted molar refractivity (Wildman–Crippen MR) is 84.7 cm³/mol. The molecule has 1 aromatic heterocycles. The van der Waals surface area contributed by atoms with E-state index in [-0.39, 0.29) is 5.75 Å². The summed E-state index contributed by atoms with van der Waals surface area (Å²) < 4.78 is 23.0. The van der Waals surface area contributed by atoms with Crippen LogP contribution in [0.1, 0.15) is 5.69 Å². The smallest absolute Gasteiger partial charge is 0.161 e. The summed E-state index contributed by atoms with van der Waals surface area (Å²) in [6.45, 7) is 4.18. The highest BCUT2D eigenvalue weighted by Gasteiger charge is 2.11. The average molecular weight is 303 g/mol. The van der Waals surface area contributed by atoms with Crippen LogP contribution in [-0.4, -0.2) is 31.2 Å². The van der Waals surface area contributed by atoms with Gasteiger partial charge >= 0.3 is 0 Å². The highest BCUT2D eigenvalue weighted by molar-refractivity contribution is 7.89. The lowest BCUT2D eigenvalue weighted by atomic mass is 10.2. The molecule has 1 aromatic carbocycles. The van der Waals surface area contributed by atoms with Gasteiger partial charge in [-0.15, -0.1) is 6.58 Å². The number of anilines is 1. The third kappa shape index (κ3) is 4.68. The molecule has 0 aliphatic carbocycles. The maximum atomic E-state index is 11.5. The van der Waals surface area contributed by atoms with Crippen LogP contribution in [0.3, 0.4) is 0 Å². The number of hydrogen-bond acceptors (Lipinski definition) is 5. The summed E-state index contributed by atoms with van der Waals surface area (Å²) in [5.74, 6) is 0.976. The Morgan fingerprint density at radius 2 is 1.95 bits per heavy atom. The maximum absolute atomic E-state index is 11.5. The SMILES string of the molecule is C=CCNc1cc(CS(C)(=O)=O)nc(-c2ccccc2)n1. The van der Waals surface area contributed by atoms with Crippen LogP contribution in [0.2, 0.25) is 0 Å². The van der Waals surface area contributed by atoms with Gasteiger partial charge in [-0.3, -0.25) is 0 Å². The quantitative estimate of drug-likeness (QED) is 0.829. The van der Waals surface area contributed by atoms with Crippen LogP contribution in [0.4, 0.5) is 5.82 Å². The van der Waals surface area contributed by atoms with Crippen molar-refractivity contribution in [1.82, 2.24) is 9.97 Å². The number of rotatable bonds is 6. The lowest BCUT2D eigenvalue weighted by molar-refractivity contribution is 0.600. The minimum atomic E-state index is -3.15. The summed E-state index contributed by atoms with van der Waals surface area (Å²) in [6.07, 6.45) is 2.90. The molecule has 0 saturated carbocycles. The van der Waals surface area contributed by atoms with Crippen molar-refractivity contribution < 1.29 is 8.42 Å². The van der Waals surface area contributed by atoms with Crippen molar-refractivity contribution >= 4 is 15.7 Å². The van der Waals surface area contributed by atoms with Gasteiger partial charge in [0.15, 0.2) is 15.7 Å². The van der Waals surface area contributed by atoms with Gasteiger partial charge in [0.25, 0.3) is 0 Å². The van der Waals surface area contributed by atoms with Crippen LogP contribution in [0.15, 0.2) is 49.1 Å². The number of nitrogens with one attached hydrogen (secondary N) is 1. The Bertz CT molecular complexity index is 728. The lowest BCUT2D eigenvalue weighted by Gasteiger charge is -2.08. The molecule has 0 spiro atoms. The van der Waals surface area contributed by atoms with Crippen molar-refractivity contribution in [3.63, 3.8) is 0 Å². The second kappa shape index (κ2) is 6.49. The summed E-state index contributed by atoms with van der Waals surface area (Å²) in [6, 6.07) is 11.1. The fourth-order valence-corrected chi connectivity index (χ4v) is 2.51. The van der Waals surface area contributed by atoms with Crippen molar-refractivity contribution in [2.75, 3.05) is 18.1 Å². The second-order valence-corrected chi connectivity index (χ2v) is 6.81. The summed E-state index contributed by atoms with van der Waals surface area (Å²) in [7, 11) is -3.15. The molecule has 1 N–H and O–H groups in total. The van der Waals surface area contributed by atoms with E-state index in [1.165, 1.54) is 6.26 Å². The van der Waals surface area contributed by atoms with Crippen LogP contribution in [-0.2, 0) is 15.6 Å². The van der Waals surface area contributed by atoms with Gasteiger partial charge < -0.3 is 5.32 Å². The van der Waals surface area contributed by atoms with E-state index in [1.807, 2.05) is 30.3 Å². The first-order valence-corrected chi connectivity index (χ1v) is 8.50. The molecule has 0 atom stereocenters. The molecule has 0 radical (unpaired) electrons. The van der Waals surface area contributed by atoms with Crippen molar-refractivity contribution in [1.29, 1.82) is 0 Å². The molecule has 0 amide bonds. The summed E-state index contributed by atoms with van der Waals surface area (Å²) in [4.78, 5) is 8.75. The van der Waals surface area contributed by atoms with Gasteiger partial charge in [-0.2, -0.15) is 0 Å². The largest absolute Gasteiger partial charge is 0.366 e. The van der Waals surface area contributed by atoms with Crippen LogP contribution in [0.25, 0.3) is 11.4 Å².